The van der Waals surface area contributed by atoms with Gasteiger partial charge in [0.15, 0.2) is 0 Å². The monoisotopic (exact) mass is 258 g/mol. The van der Waals surface area contributed by atoms with Crippen LogP contribution in [-0.4, -0.2) is 34.2 Å². The summed E-state index contributed by atoms with van der Waals surface area (Å²) >= 11 is 0. The van der Waals surface area contributed by atoms with Gasteiger partial charge in [0, 0.05) is 24.7 Å². The number of rotatable bonds is 2. The molecule has 1 aliphatic rings. The maximum atomic E-state index is 11.8. The largest absolute Gasteiger partial charge is 0.329 e. The summed E-state index contributed by atoms with van der Waals surface area (Å²) < 4.78 is 1.70. The van der Waals surface area contributed by atoms with Gasteiger partial charge in [-0.05, 0) is 12.1 Å². The van der Waals surface area contributed by atoms with Crippen molar-refractivity contribution in [3.8, 4) is 0 Å². The number of anilines is 1. The fourth-order valence-corrected chi connectivity index (χ4v) is 2.04. The SMILES string of the molecule is O=Cc1ccn2c(N3CCC(=O)NC3=O)cnc2c1. The number of urea groups is 1. The fourth-order valence-electron chi connectivity index (χ4n) is 2.04. The number of imide groups is 1. The lowest BCUT2D eigenvalue weighted by Crippen LogP contribution is -2.50. The van der Waals surface area contributed by atoms with Crippen LogP contribution < -0.4 is 10.2 Å². The summed E-state index contributed by atoms with van der Waals surface area (Å²) in [4.78, 5) is 39.2. The maximum absolute atomic E-state index is 11.8. The van der Waals surface area contributed by atoms with Gasteiger partial charge in [0.1, 0.15) is 17.8 Å². The summed E-state index contributed by atoms with van der Waals surface area (Å²) in [5.74, 6) is 0.288. The van der Waals surface area contributed by atoms with Crippen molar-refractivity contribution in [2.24, 2.45) is 0 Å². The number of pyridine rings is 1. The fraction of sp³-hybridized carbons (Fsp3) is 0.167. The van der Waals surface area contributed by atoms with Gasteiger partial charge in [-0.25, -0.2) is 9.78 Å². The lowest BCUT2D eigenvalue weighted by Gasteiger charge is -2.25. The molecule has 96 valence electrons. The second-order valence-corrected chi connectivity index (χ2v) is 4.18. The van der Waals surface area contributed by atoms with Gasteiger partial charge in [-0.15, -0.1) is 0 Å². The van der Waals surface area contributed by atoms with Gasteiger partial charge in [0.05, 0.1) is 6.20 Å². The minimum Gasteiger partial charge on any atom is -0.298 e. The van der Waals surface area contributed by atoms with Crippen molar-refractivity contribution in [1.29, 1.82) is 0 Å². The third-order valence-corrected chi connectivity index (χ3v) is 2.98. The van der Waals surface area contributed by atoms with Crippen LogP contribution in [0, 0.1) is 0 Å². The highest BCUT2D eigenvalue weighted by atomic mass is 16.2. The van der Waals surface area contributed by atoms with Crippen molar-refractivity contribution < 1.29 is 14.4 Å². The normalized spacial score (nSPS) is 15.7. The first-order valence-electron chi connectivity index (χ1n) is 5.72. The Bertz CT molecular complexity index is 691. The second-order valence-electron chi connectivity index (χ2n) is 4.18. The number of hydrogen-bond donors (Lipinski definition) is 1. The third kappa shape index (κ3) is 1.85. The first-order valence-corrected chi connectivity index (χ1v) is 5.72. The predicted octanol–water partition coefficient (Wildman–Crippen LogP) is 0.593. The Balaban J connectivity index is 2.03. The molecule has 0 radical (unpaired) electrons. The number of amides is 3. The summed E-state index contributed by atoms with van der Waals surface area (Å²) in [6, 6.07) is 2.80. The standard InChI is InChI=1S/C12H10N4O3/c17-7-8-1-3-15-9(5-8)13-6-11(15)16-4-2-10(18)14-12(16)19/h1,3,5-7H,2,4H2,(H,14,18,19). The van der Waals surface area contributed by atoms with E-state index in [0.717, 1.165) is 6.29 Å². The van der Waals surface area contributed by atoms with Crippen LogP contribution in [0.15, 0.2) is 24.5 Å². The quantitative estimate of drug-likeness (QED) is 0.799. The Morgan fingerprint density at radius 3 is 2.95 bits per heavy atom. The number of nitrogens with zero attached hydrogens (tertiary/aromatic N) is 3. The molecule has 7 heteroatoms. The molecule has 3 heterocycles. The topological polar surface area (TPSA) is 83.8 Å². The first-order chi connectivity index (χ1) is 9.19. The Morgan fingerprint density at radius 1 is 1.37 bits per heavy atom. The van der Waals surface area contributed by atoms with E-state index in [9.17, 15) is 14.4 Å². The number of hydrogen-bond acceptors (Lipinski definition) is 4. The highest BCUT2D eigenvalue weighted by molar-refractivity contribution is 6.05. The van der Waals surface area contributed by atoms with Gasteiger partial charge in [0.2, 0.25) is 5.91 Å². The molecule has 2 aromatic rings. The van der Waals surface area contributed by atoms with Crippen LogP contribution in [-0.2, 0) is 4.79 Å². The molecule has 3 amide bonds. The van der Waals surface area contributed by atoms with E-state index in [2.05, 4.69) is 10.3 Å². The Kier molecular flexibility index (Phi) is 2.52. The van der Waals surface area contributed by atoms with Crippen LogP contribution in [0.5, 0.6) is 0 Å². The summed E-state index contributed by atoms with van der Waals surface area (Å²) in [7, 11) is 0. The summed E-state index contributed by atoms with van der Waals surface area (Å²) in [6.45, 7) is 0.313. The molecule has 1 fully saturated rings. The predicted molar refractivity (Wildman–Crippen MR) is 66.1 cm³/mol. The van der Waals surface area contributed by atoms with Crippen molar-refractivity contribution in [1.82, 2.24) is 14.7 Å². The molecule has 1 aliphatic heterocycles. The highest BCUT2D eigenvalue weighted by Crippen LogP contribution is 2.19. The first kappa shape index (κ1) is 11.4. The molecule has 0 unspecified atom stereocenters. The number of nitrogens with one attached hydrogen (secondary N) is 1. The van der Waals surface area contributed by atoms with E-state index in [1.165, 1.54) is 4.90 Å². The molecule has 0 bridgehead atoms. The number of aromatic nitrogens is 2. The number of aldehydes is 1. The molecule has 0 aromatic carbocycles. The van der Waals surface area contributed by atoms with Crippen molar-refractivity contribution >= 4 is 29.7 Å². The summed E-state index contributed by atoms with van der Waals surface area (Å²) in [5, 5.41) is 2.26. The van der Waals surface area contributed by atoms with Gasteiger partial charge >= 0.3 is 6.03 Å². The van der Waals surface area contributed by atoms with Gasteiger partial charge in [-0.3, -0.25) is 24.2 Å². The van der Waals surface area contributed by atoms with Crippen LogP contribution in [0.2, 0.25) is 0 Å². The molecular formula is C12H10N4O3. The Labute approximate surface area is 107 Å². The highest BCUT2D eigenvalue weighted by Gasteiger charge is 2.26. The van der Waals surface area contributed by atoms with E-state index in [4.69, 9.17) is 0 Å². The zero-order valence-electron chi connectivity index (χ0n) is 9.87. The lowest BCUT2D eigenvalue weighted by atomic mass is 10.3. The Hall–Kier alpha value is -2.70. The molecule has 0 aliphatic carbocycles. The van der Waals surface area contributed by atoms with E-state index in [0.29, 0.717) is 23.6 Å². The van der Waals surface area contributed by atoms with E-state index in [1.807, 2.05) is 0 Å². The third-order valence-electron chi connectivity index (χ3n) is 2.98. The molecule has 7 nitrogen and oxygen atoms in total. The van der Waals surface area contributed by atoms with Gasteiger partial charge in [-0.1, -0.05) is 0 Å². The Morgan fingerprint density at radius 2 is 2.21 bits per heavy atom. The second kappa shape index (κ2) is 4.20. The van der Waals surface area contributed by atoms with E-state index < -0.39 is 6.03 Å². The van der Waals surface area contributed by atoms with E-state index in [1.54, 1.807) is 28.9 Å². The molecular weight excluding hydrogens is 248 g/mol. The van der Waals surface area contributed by atoms with Crippen LogP contribution >= 0.6 is 0 Å². The van der Waals surface area contributed by atoms with E-state index >= 15 is 0 Å². The average molecular weight is 258 g/mol. The zero-order chi connectivity index (χ0) is 13.4. The summed E-state index contributed by atoms with van der Waals surface area (Å²) in [6.07, 6.45) is 4.20. The molecule has 2 aromatic heterocycles. The minimum atomic E-state index is -0.461. The van der Waals surface area contributed by atoms with Crippen LogP contribution in [0.4, 0.5) is 10.6 Å². The zero-order valence-corrected chi connectivity index (χ0v) is 9.87. The smallest absolute Gasteiger partial charge is 0.298 e. The van der Waals surface area contributed by atoms with Crippen molar-refractivity contribution in [2.75, 3.05) is 11.4 Å². The molecule has 0 spiro atoms. The van der Waals surface area contributed by atoms with Crippen molar-refractivity contribution in [3.63, 3.8) is 0 Å². The lowest BCUT2D eigenvalue weighted by molar-refractivity contribution is -0.120. The average Bonchev–Trinajstić information content (AvgIpc) is 2.81. The molecule has 1 saturated heterocycles. The van der Waals surface area contributed by atoms with Gasteiger partial charge in [-0.2, -0.15) is 0 Å². The van der Waals surface area contributed by atoms with E-state index in [-0.39, 0.29) is 12.3 Å². The van der Waals surface area contributed by atoms with Gasteiger partial charge in [0.25, 0.3) is 0 Å². The van der Waals surface area contributed by atoms with Crippen LogP contribution in [0.3, 0.4) is 0 Å². The molecule has 3 rings (SSSR count). The maximum Gasteiger partial charge on any atom is 0.329 e. The minimum absolute atomic E-state index is 0.255. The molecule has 19 heavy (non-hydrogen) atoms. The van der Waals surface area contributed by atoms with Gasteiger partial charge < -0.3 is 0 Å². The van der Waals surface area contributed by atoms with Crippen LogP contribution in [0.1, 0.15) is 16.8 Å². The van der Waals surface area contributed by atoms with Crippen molar-refractivity contribution in [2.45, 2.75) is 6.42 Å². The van der Waals surface area contributed by atoms with Crippen LogP contribution in [0.25, 0.3) is 5.65 Å². The number of fused-ring (bicyclic) bond motifs is 1. The molecule has 0 saturated carbocycles. The molecule has 0 atom stereocenters. The number of imidazole rings is 1. The molecule has 1 N–H and O–H groups in total. The number of carbonyl (C=O) groups excluding carboxylic acids is 3. The number of carbonyl (C=O) groups is 3. The summed E-state index contributed by atoms with van der Waals surface area (Å²) in [5.41, 5.74) is 1.09. The van der Waals surface area contributed by atoms with Crippen molar-refractivity contribution in [3.05, 3.63) is 30.1 Å².